The Hall–Kier alpha value is -3.41. The van der Waals surface area contributed by atoms with E-state index in [2.05, 4.69) is 5.10 Å². The minimum absolute atomic E-state index is 0.00271. The molecule has 2 aromatic carbocycles. The number of ether oxygens (including phenoxy) is 1. The quantitative estimate of drug-likeness (QED) is 0.293. The van der Waals surface area contributed by atoms with Crippen LogP contribution < -0.4 is 9.64 Å². The number of piperazine rings is 1. The van der Waals surface area contributed by atoms with E-state index in [1.54, 1.807) is 47.1 Å². The van der Waals surface area contributed by atoms with Crippen LogP contribution in [0.3, 0.4) is 0 Å². The van der Waals surface area contributed by atoms with Crippen molar-refractivity contribution in [3.05, 3.63) is 70.9 Å². The zero-order chi connectivity index (χ0) is 27.2. The first-order chi connectivity index (χ1) is 17.5. The van der Waals surface area contributed by atoms with Crippen LogP contribution in [0.1, 0.15) is 18.2 Å². The molecule has 1 fully saturated rings. The predicted molar refractivity (Wildman–Crippen MR) is 126 cm³/mol. The lowest BCUT2D eigenvalue weighted by Gasteiger charge is -2.35. The molecule has 0 radical (unpaired) electrons. The summed E-state index contributed by atoms with van der Waals surface area (Å²) in [6.45, 7) is 3.66. The molecule has 0 saturated carbocycles. The Morgan fingerprint density at radius 2 is 1.51 bits per heavy atom. The van der Waals surface area contributed by atoms with Crippen molar-refractivity contribution < 1.29 is 35.9 Å². The molecule has 0 spiro atoms. The molecule has 0 unspecified atom stereocenters. The summed E-state index contributed by atoms with van der Waals surface area (Å²) < 4.78 is 82.8. The number of halogens is 7. The van der Waals surface area contributed by atoms with Gasteiger partial charge in [-0.3, -0.25) is 4.79 Å². The number of rotatable bonds is 5. The van der Waals surface area contributed by atoms with Crippen molar-refractivity contribution in [2.45, 2.75) is 19.3 Å². The average Bonchev–Trinajstić information content (AvgIpc) is 3.29. The minimum atomic E-state index is -4.53. The molecule has 13 heteroatoms. The molecule has 1 aliphatic heterocycles. The SMILES string of the molecule is CCOc1cc(C(F)(F)F)nn1-c1ccccc1Cl.O=CN1CCN(c2ccccc2C(F)(F)F)CC1. The molecular formula is C24H23ClF6N4O2. The Balaban J connectivity index is 0.000000206. The van der Waals surface area contributed by atoms with Gasteiger partial charge in [-0.15, -0.1) is 0 Å². The molecule has 37 heavy (non-hydrogen) atoms. The molecule has 200 valence electrons. The van der Waals surface area contributed by atoms with Gasteiger partial charge in [0.25, 0.3) is 0 Å². The lowest BCUT2D eigenvalue weighted by molar-refractivity contribution is -0.141. The maximum atomic E-state index is 12.9. The number of para-hydroxylation sites is 2. The molecule has 1 aromatic heterocycles. The van der Waals surface area contributed by atoms with Gasteiger partial charge in [-0.1, -0.05) is 35.9 Å². The third-order valence-corrected chi connectivity index (χ3v) is 5.67. The highest BCUT2D eigenvalue weighted by Crippen LogP contribution is 2.37. The van der Waals surface area contributed by atoms with Crippen molar-refractivity contribution in [3.8, 4) is 11.6 Å². The van der Waals surface area contributed by atoms with Crippen LogP contribution in [0.25, 0.3) is 5.69 Å². The fraction of sp³-hybridized carbons (Fsp3) is 0.333. The van der Waals surface area contributed by atoms with Crippen LogP contribution in [-0.2, 0) is 17.1 Å². The Kier molecular flexibility index (Phi) is 8.95. The van der Waals surface area contributed by atoms with E-state index >= 15 is 0 Å². The van der Waals surface area contributed by atoms with Crippen LogP contribution in [0, 0.1) is 0 Å². The van der Waals surface area contributed by atoms with Gasteiger partial charge < -0.3 is 14.5 Å². The Morgan fingerprint density at radius 3 is 2.05 bits per heavy atom. The predicted octanol–water partition coefficient (Wildman–Crippen LogP) is 5.93. The van der Waals surface area contributed by atoms with E-state index in [4.69, 9.17) is 16.3 Å². The van der Waals surface area contributed by atoms with Crippen molar-refractivity contribution in [1.82, 2.24) is 14.7 Å². The highest BCUT2D eigenvalue weighted by Gasteiger charge is 2.36. The molecule has 0 atom stereocenters. The number of hydrogen-bond acceptors (Lipinski definition) is 4. The lowest BCUT2D eigenvalue weighted by atomic mass is 10.1. The highest BCUT2D eigenvalue weighted by atomic mass is 35.5. The number of aromatic nitrogens is 2. The summed E-state index contributed by atoms with van der Waals surface area (Å²) in [7, 11) is 0. The van der Waals surface area contributed by atoms with Gasteiger partial charge in [0, 0.05) is 37.9 Å². The van der Waals surface area contributed by atoms with E-state index in [1.807, 2.05) is 0 Å². The van der Waals surface area contributed by atoms with Crippen molar-refractivity contribution in [3.63, 3.8) is 0 Å². The van der Waals surface area contributed by atoms with E-state index in [-0.39, 0.29) is 18.2 Å². The molecule has 0 N–H and O–H groups in total. The van der Waals surface area contributed by atoms with Crippen LogP contribution in [-0.4, -0.2) is 53.9 Å². The van der Waals surface area contributed by atoms with Crippen molar-refractivity contribution in [2.75, 3.05) is 37.7 Å². The van der Waals surface area contributed by atoms with E-state index in [0.29, 0.717) is 36.9 Å². The number of nitrogens with zero attached hydrogens (tertiary/aromatic N) is 4. The zero-order valence-electron chi connectivity index (χ0n) is 19.6. The summed E-state index contributed by atoms with van der Waals surface area (Å²) in [5, 5.41) is 3.81. The molecule has 6 nitrogen and oxygen atoms in total. The van der Waals surface area contributed by atoms with E-state index in [0.717, 1.165) is 23.2 Å². The lowest BCUT2D eigenvalue weighted by Crippen LogP contribution is -2.46. The molecular weight excluding hydrogens is 526 g/mol. The van der Waals surface area contributed by atoms with Gasteiger partial charge in [-0.05, 0) is 31.2 Å². The van der Waals surface area contributed by atoms with E-state index < -0.39 is 23.6 Å². The summed E-state index contributed by atoms with van der Waals surface area (Å²) in [6, 6.07) is 12.9. The fourth-order valence-corrected chi connectivity index (χ4v) is 3.82. The number of amides is 1. The Labute approximate surface area is 214 Å². The van der Waals surface area contributed by atoms with Gasteiger partial charge in [-0.2, -0.15) is 36.1 Å². The topological polar surface area (TPSA) is 50.6 Å². The Bertz CT molecular complexity index is 1190. The number of alkyl halides is 6. The van der Waals surface area contributed by atoms with Crippen LogP contribution in [0.15, 0.2) is 54.6 Å². The monoisotopic (exact) mass is 548 g/mol. The smallest absolute Gasteiger partial charge is 0.435 e. The largest absolute Gasteiger partial charge is 0.478 e. The van der Waals surface area contributed by atoms with Gasteiger partial charge in [-0.25, -0.2) is 0 Å². The van der Waals surface area contributed by atoms with Gasteiger partial charge >= 0.3 is 12.4 Å². The fourth-order valence-electron chi connectivity index (χ4n) is 3.61. The molecule has 4 rings (SSSR count). The third kappa shape index (κ3) is 7.09. The van der Waals surface area contributed by atoms with E-state index in [1.165, 1.54) is 12.1 Å². The van der Waals surface area contributed by atoms with Crippen molar-refractivity contribution >= 4 is 23.7 Å². The second kappa shape index (κ2) is 11.8. The van der Waals surface area contributed by atoms with Gasteiger partial charge in [0.2, 0.25) is 12.3 Å². The normalized spacial score (nSPS) is 14.2. The second-order valence-corrected chi connectivity index (χ2v) is 8.21. The first-order valence-corrected chi connectivity index (χ1v) is 11.5. The standard InChI is InChI=1S/C12H10ClF3N2O.C12H13F3N2O/c1-2-19-11-7-10(12(14,15)16)17-18(11)9-6-4-3-5-8(9)13;13-12(14,15)10-3-1-2-4-11(10)17-7-5-16(9-18)6-8-17/h3-7H,2H2,1H3;1-4,9H,5-8H2. The van der Waals surface area contributed by atoms with Crippen molar-refractivity contribution in [2.24, 2.45) is 0 Å². The van der Waals surface area contributed by atoms with Crippen LogP contribution >= 0.6 is 11.6 Å². The van der Waals surface area contributed by atoms with Gasteiger partial charge in [0.1, 0.15) is 0 Å². The number of carbonyl (C=O) groups is 1. The maximum Gasteiger partial charge on any atom is 0.435 e. The summed E-state index contributed by atoms with van der Waals surface area (Å²) in [5.74, 6) is 0.00271. The third-order valence-electron chi connectivity index (χ3n) is 5.35. The minimum Gasteiger partial charge on any atom is -0.478 e. The van der Waals surface area contributed by atoms with E-state index in [9.17, 15) is 31.1 Å². The molecule has 3 aromatic rings. The first kappa shape index (κ1) is 28.2. The van der Waals surface area contributed by atoms with Crippen LogP contribution in [0.5, 0.6) is 5.88 Å². The summed E-state index contributed by atoms with van der Waals surface area (Å²) in [5.41, 5.74) is -1.11. The number of carbonyl (C=O) groups excluding carboxylic acids is 1. The van der Waals surface area contributed by atoms with Crippen molar-refractivity contribution in [1.29, 1.82) is 0 Å². The Morgan fingerprint density at radius 1 is 0.919 bits per heavy atom. The molecule has 1 aliphatic rings. The molecule has 1 amide bonds. The first-order valence-electron chi connectivity index (χ1n) is 11.1. The van der Waals surface area contributed by atoms with Crippen LogP contribution in [0.2, 0.25) is 5.02 Å². The van der Waals surface area contributed by atoms with Crippen LogP contribution in [0.4, 0.5) is 32.0 Å². The zero-order valence-corrected chi connectivity index (χ0v) is 20.3. The van der Waals surface area contributed by atoms with Gasteiger partial charge in [0.15, 0.2) is 5.69 Å². The summed E-state index contributed by atoms with van der Waals surface area (Å²) in [4.78, 5) is 13.8. The maximum absolute atomic E-state index is 12.9. The number of anilines is 1. The molecule has 1 saturated heterocycles. The number of hydrogen-bond donors (Lipinski definition) is 0. The summed E-state index contributed by atoms with van der Waals surface area (Å²) in [6.07, 6.45) is -8.15. The summed E-state index contributed by atoms with van der Waals surface area (Å²) >= 11 is 5.96. The average molecular weight is 549 g/mol. The second-order valence-electron chi connectivity index (χ2n) is 7.81. The van der Waals surface area contributed by atoms with Gasteiger partial charge in [0.05, 0.1) is 22.9 Å². The number of benzene rings is 2. The molecule has 0 aliphatic carbocycles. The molecule has 2 heterocycles. The highest BCUT2D eigenvalue weighted by molar-refractivity contribution is 6.32. The molecule has 0 bridgehead atoms.